The molecule has 0 fully saturated rings. The van der Waals surface area contributed by atoms with Gasteiger partial charge >= 0.3 is 0 Å². The Kier molecular flexibility index (Phi) is 4.19. The van der Waals surface area contributed by atoms with E-state index in [1.807, 2.05) is 6.07 Å². The van der Waals surface area contributed by atoms with Gasteiger partial charge in [-0.2, -0.15) is 0 Å². The second kappa shape index (κ2) is 6.40. The Morgan fingerprint density at radius 1 is 0.846 bits per heavy atom. The van der Waals surface area contributed by atoms with E-state index in [1.54, 1.807) is 28.4 Å². The molecule has 0 N–H and O–H groups in total. The number of hydrogen-bond acceptors (Lipinski definition) is 5. The average Bonchev–Trinajstić information content (AvgIpc) is 2.68. The highest BCUT2D eigenvalue weighted by Crippen LogP contribution is 2.56. The van der Waals surface area contributed by atoms with Gasteiger partial charge in [-0.05, 0) is 48.7 Å². The number of fused-ring (bicyclic) bond motifs is 2. The number of rotatable bonds is 4. The molecule has 1 heterocycles. The summed E-state index contributed by atoms with van der Waals surface area (Å²) in [5.74, 6) is 3.01. The van der Waals surface area contributed by atoms with E-state index in [2.05, 4.69) is 24.1 Å². The zero-order valence-corrected chi connectivity index (χ0v) is 16.0. The molecule has 0 saturated heterocycles. The molecule has 0 radical (unpaired) electrons. The third kappa shape index (κ3) is 2.27. The van der Waals surface area contributed by atoms with Gasteiger partial charge in [0.2, 0.25) is 0 Å². The van der Waals surface area contributed by atoms with Gasteiger partial charge < -0.3 is 18.9 Å². The lowest BCUT2D eigenvalue weighted by Crippen LogP contribution is -2.35. The Hall–Kier alpha value is -2.40. The molecule has 2 aromatic carbocycles. The molecule has 1 aliphatic carbocycles. The summed E-state index contributed by atoms with van der Waals surface area (Å²) in [5.41, 5.74) is 6.04. The quantitative estimate of drug-likeness (QED) is 0.840. The predicted octanol–water partition coefficient (Wildman–Crippen LogP) is 3.47. The van der Waals surface area contributed by atoms with E-state index in [-0.39, 0.29) is 0 Å². The van der Waals surface area contributed by atoms with Gasteiger partial charge in [-0.25, -0.2) is 0 Å². The first-order valence-corrected chi connectivity index (χ1v) is 8.86. The fraction of sp³-hybridized carbons (Fsp3) is 0.429. The van der Waals surface area contributed by atoms with Crippen molar-refractivity contribution in [2.24, 2.45) is 0 Å². The van der Waals surface area contributed by atoms with Crippen LogP contribution >= 0.6 is 0 Å². The maximum Gasteiger partial charge on any atom is 0.169 e. The smallest absolute Gasteiger partial charge is 0.169 e. The van der Waals surface area contributed by atoms with Gasteiger partial charge in [-0.3, -0.25) is 4.90 Å². The molecule has 26 heavy (non-hydrogen) atoms. The lowest BCUT2D eigenvalue weighted by Gasteiger charge is -2.41. The second-order valence-electron chi connectivity index (χ2n) is 6.85. The molecule has 5 heteroatoms. The molecule has 0 unspecified atom stereocenters. The summed E-state index contributed by atoms with van der Waals surface area (Å²) in [7, 11) is 8.94. The summed E-state index contributed by atoms with van der Waals surface area (Å²) in [6.45, 7) is 1.04. The third-order valence-electron chi connectivity index (χ3n) is 5.69. The van der Waals surface area contributed by atoms with Crippen molar-refractivity contribution in [3.05, 3.63) is 34.9 Å². The van der Waals surface area contributed by atoms with Gasteiger partial charge in [0.15, 0.2) is 23.0 Å². The Morgan fingerprint density at radius 2 is 1.54 bits per heavy atom. The molecular weight excluding hydrogens is 330 g/mol. The summed E-state index contributed by atoms with van der Waals surface area (Å²) >= 11 is 0. The van der Waals surface area contributed by atoms with Gasteiger partial charge in [0.25, 0.3) is 0 Å². The second-order valence-corrected chi connectivity index (χ2v) is 6.85. The fourth-order valence-electron chi connectivity index (χ4n) is 4.45. The third-order valence-corrected chi connectivity index (χ3v) is 5.69. The van der Waals surface area contributed by atoms with Gasteiger partial charge in [0.1, 0.15) is 0 Å². The molecule has 0 bridgehead atoms. The highest BCUT2D eigenvalue weighted by atomic mass is 16.5. The van der Waals surface area contributed by atoms with Crippen molar-refractivity contribution < 1.29 is 18.9 Å². The average molecular weight is 355 g/mol. The van der Waals surface area contributed by atoms with Crippen LogP contribution in [0.25, 0.3) is 11.1 Å². The van der Waals surface area contributed by atoms with Crippen LogP contribution in [-0.2, 0) is 12.8 Å². The molecule has 1 aliphatic heterocycles. The summed E-state index contributed by atoms with van der Waals surface area (Å²) in [4.78, 5) is 2.43. The Labute approximate surface area is 154 Å². The molecule has 5 nitrogen and oxygen atoms in total. The molecule has 0 amide bonds. The first-order chi connectivity index (χ1) is 12.6. The molecule has 2 aliphatic rings. The van der Waals surface area contributed by atoms with E-state index in [9.17, 15) is 0 Å². The number of likely N-dealkylation sites (N-methyl/N-ethyl adjacent to an activating group) is 1. The van der Waals surface area contributed by atoms with Crippen molar-refractivity contribution >= 4 is 0 Å². The number of hydrogen-bond donors (Lipinski definition) is 0. The first kappa shape index (κ1) is 17.0. The van der Waals surface area contributed by atoms with Crippen molar-refractivity contribution in [1.82, 2.24) is 4.90 Å². The maximum absolute atomic E-state index is 5.83. The monoisotopic (exact) mass is 355 g/mol. The minimum Gasteiger partial charge on any atom is -0.493 e. The molecule has 2 aromatic rings. The SMILES string of the molecule is COc1ccc2c(c1OC)-c1c(OC)c(OC)cc3c1[C@H](C2)N(C)CC3. The zero-order valence-electron chi connectivity index (χ0n) is 16.0. The Bertz CT molecular complexity index is 862. The van der Waals surface area contributed by atoms with Crippen molar-refractivity contribution in [2.75, 3.05) is 42.0 Å². The highest BCUT2D eigenvalue weighted by molar-refractivity contribution is 5.88. The van der Waals surface area contributed by atoms with Crippen LogP contribution in [0.5, 0.6) is 23.0 Å². The van der Waals surface area contributed by atoms with E-state index < -0.39 is 0 Å². The highest BCUT2D eigenvalue weighted by Gasteiger charge is 2.38. The van der Waals surface area contributed by atoms with Crippen LogP contribution in [-0.4, -0.2) is 46.9 Å². The van der Waals surface area contributed by atoms with E-state index in [4.69, 9.17) is 18.9 Å². The number of ether oxygens (including phenoxy) is 4. The van der Waals surface area contributed by atoms with Crippen LogP contribution in [0.3, 0.4) is 0 Å². The molecule has 0 spiro atoms. The fourth-order valence-corrected chi connectivity index (χ4v) is 4.45. The van der Waals surface area contributed by atoms with Gasteiger partial charge in [-0.1, -0.05) is 6.07 Å². The normalized spacial score (nSPS) is 18.0. The van der Waals surface area contributed by atoms with Crippen molar-refractivity contribution in [3.63, 3.8) is 0 Å². The molecule has 0 aromatic heterocycles. The molecule has 4 rings (SSSR count). The summed E-state index contributed by atoms with van der Waals surface area (Å²) < 4.78 is 22.8. The Morgan fingerprint density at radius 3 is 2.19 bits per heavy atom. The topological polar surface area (TPSA) is 40.2 Å². The summed E-state index contributed by atoms with van der Waals surface area (Å²) in [6.07, 6.45) is 1.94. The molecule has 1 atom stereocenters. The van der Waals surface area contributed by atoms with Gasteiger partial charge in [0, 0.05) is 23.7 Å². The van der Waals surface area contributed by atoms with Crippen LogP contribution < -0.4 is 18.9 Å². The molecular formula is C21H25NO4. The van der Waals surface area contributed by atoms with Crippen LogP contribution in [0.15, 0.2) is 18.2 Å². The van der Waals surface area contributed by atoms with E-state index >= 15 is 0 Å². The number of benzene rings is 2. The lowest BCUT2D eigenvalue weighted by atomic mass is 9.76. The van der Waals surface area contributed by atoms with Crippen LogP contribution in [0, 0.1) is 0 Å². The van der Waals surface area contributed by atoms with Crippen LogP contribution in [0.2, 0.25) is 0 Å². The maximum atomic E-state index is 5.83. The van der Waals surface area contributed by atoms with E-state index in [1.165, 1.54) is 16.7 Å². The minimum atomic E-state index is 0.333. The van der Waals surface area contributed by atoms with E-state index in [0.29, 0.717) is 6.04 Å². The predicted molar refractivity (Wildman–Crippen MR) is 101 cm³/mol. The van der Waals surface area contributed by atoms with Gasteiger partial charge in [0.05, 0.1) is 28.4 Å². The lowest BCUT2D eigenvalue weighted by molar-refractivity contribution is 0.226. The summed E-state index contributed by atoms with van der Waals surface area (Å²) in [6, 6.07) is 6.59. The van der Waals surface area contributed by atoms with E-state index in [0.717, 1.165) is 53.5 Å². The minimum absolute atomic E-state index is 0.333. The number of methoxy groups -OCH3 is 4. The summed E-state index contributed by atoms with van der Waals surface area (Å²) in [5, 5.41) is 0. The Balaban J connectivity index is 2.12. The largest absolute Gasteiger partial charge is 0.493 e. The van der Waals surface area contributed by atoms with Crippen molar-refractivity contribution in [3.8, 4) is 34.1 Å². The van der Waals surface area contributed by atoms with Crippen molar-refractivity contribution in [1.29, 1.82) is 0 Å². The van der Waals surface area contributed by atoms with Gasteiger partial charge in [-0.15, -0.1) is 0 Å². The zero-order chi connectivity index (χ0) is 18.4. The van der Waals surface area contributed by atoms with Crippen LogP contribution in [0.4, 0.5) is 0 Å². The standard InChI is InChI=1S/C21H25NO4/c1-22-9-8-13-11-16(24-3)21(26-5)19-17(13)14(22)10-12-6-7-15(23-2)20(25-4)18(12)19/h6-7,11,14H,8-10H2,1-5H3/t14-/m0/s1. The number of nitrogens with zero attached hydrogens (tertiary/aromatic N) is 1. The molecule has 0 saturated carbocycles. The molecule has 138 valence electrons. The van der Waals surface area contributed by atoms with Crippen molar-refractivity contribution in [2.45, 2.75) is 18.9 Å². The van der Waals surface area contributed by atoms with Crippen LogP contribution in [0.1, 0.15) is 22.7 Å². The first-order valence-electron chi connectivity index (χ1n) is 8.86.